The van der Waals surface area contributed by atoms with E-state index in [9.17, 15) is 5.11 Å². The van der Waals surface area contributed by atoms with Gasteiger partial charge in [0.05, 0.1) is 6.61 Å². The number of hydrogen-bond donors (Lipinski definition) is 1. The summed E-state index contributed by atoms with van der Waals surface area (Å²) >= 11 is 1.85. The summed E-state index contributed by atoms with van der Waals surface area (Å²) in [7, 11) is 0. The fraction of sp³-hybridized carbons (Fsp3) is 0.571. The maximum Gasteiger partial charge on any atom is 0.119 e. The Morgan fingerprint density at radius 1 is 1.41 bits per heavy atom. The van der Waals surface area contributed by atoms with Crippen molar-refractivity contribution in [3.8, 4) is 5.75 Å². The van der Waals surface area contributed by atoms with Crippen molar-refractivity contribution in [3.63, 3.8) is 0 Å². The Balaban J connectivity index is 2.20. The highest BCUT2D eigenvalue weighted by atomic mass is 32.2. The van der Waals surface area contributed by atoms with E-state index in [2.05, 4.69) is 6.92 Å². The summed E-state index contributed by atoms with van der Waals surface area (Å²) in [6.07, 6.45) is 1.94. The lowest BCUT2D eigenvalue weighted by Gasteiger charge is -2.38. The SMILES string of the molecule is CCOc1ccc(C2(O)CCCSC2C)cc1. The molecule has 1 aliphatic heterocycles. The highest BCUT2D eigenvalue weighted by molar-refractivity contribution is 8.00. The topological polar surface area (TPSA) is 29.5 Å². The number of rotatable bonds is 3. The average Bonchev–Trinajstić information content (AvgIpc) is 2.34. The van der Waals surface area contributed by atoms with Gasteiger partial charge in [-0.1, -0.05) is 19.1 Å². The van der Waals surface area contributed by atoms with Crippen molar-refractivity contribution < 1.29 is 9.84 Å². The minimum atomic E-state index is -0.673. The molecule has 0 aliphatic carbocycles. The molecular weight excluding hydrogens is 232 g/mol. The molecule has 1 aliphatic rings. The maximum absolute atomic E-state index is 10.8. The van der Waals surface area contributed by atoms with E-state index in [1.165, 1.54) is 0 Å². The number of benzene rings is 1. The Morgan fingerprint density at radius 2 is 2.12 bits per heavy atom. The third-order valence-corrected chi connectivity index (χ3v) is 4.82. The van der Waals surface area contributed by atoms with E-state index in [1.54, 1.807) is 0 Å². The van der Waals surface area contributed by atoms with Gasteiger partial charge in [-0.3, -0.25) is 0 Å². The molecule has 2 nitrogen and oxygen atoms in total. The van der Waals surface area contributed by atoms with Gasteiger partial charge in [-0.15, -0.1) is 0 Å². The standard InChI is InChI=1S/C14H20O2S/c1-3-16-13-7-5-12(6-8-13)14(15)9-4-10-17-11(14)2/h5-8,11,15H,3-4,9-10H2,1-2H3. The van der Waals surface area contributed by atoms with Crippen LogP contribution in [-0.4, -0.2) is 22.7 Å². The maximum atomic E-state index is 10.8. The summed E-state index contributed by atoms with van der Waals surface area (Å²) in [6.45, 7) is 4.76. The first-order chi connectivity index (χ1) is 8.16. The molecule has 0 bridgehead atoms. The van der Waals surface area contributed by atoms with E-state index in [1.807, 2.05) is 43.0 Å². The molecule has 2 rings (SSSR count). The monoisotopic (exact) mass is 252 g/mol. The Bertz CT molecular complexity index is 363. The second-order valence-corrected chi connectivity index (χ2v) is 5.95. The third-order valence-electron chi connectivity index (χ3n) is 3.41. The van der Waals surface area contributed by atoms with Crippen LogP contribution in [0, 0.1) is 0 Å². The Hall–Kier alpha value is -0.670. The van der Waals surface area contributed by atoms with Crippen LogP contribution < -0.4 is 4.74 Å². The molecule has 1 aromatic carbocycles. The molecular formula is C14H20O2S. The van der Waals surface area contributed by atoms with Crippen molar-refractivity contribution in [3.05, 3.63) is 29.8 Å². The minimum absolute atomic E-state index is 0.259. The second kappa shape index (κ2) is 5.32. The number of hydrogen-bond acceptors (Lipinski definition) is 3. The van der Waals surface area contributed by atoms with Crippen LogP contribution in [0.25, 0.3) is 0 Å². The summed E-state index contributed by atoms with van der Waals surface area (Å²) in [5.41, 5.74) is 0.342. The van der Waals surface area contributed by atoms with E-state index in [0.717, 1.165) is 29.9 Å². The van der Waals surface area contributed by atoms with Gasteiger partial charge >= 0.3 is 0 Å². The number of thioether (sulfide) groups is 1. The van der Waals surface area contributed by atoms with Crippen LogP contribution in [0.4, 0.5) is 0 Å². The highest BCUT2D eigenvalue weighted by Crippen LogP contribution is 2.41. The van der Waals surface area contributed by atoms with Gasteiger partial charge in [0.1, 0.15) is 11.4 Å². The Morgan fingerprint density at radius 3 is 2.71 bits per heavy atom. The van der Waals surface area contributed by atoms with Crippen molar-refractivity contribution >= 4 is 11.8 Å². The molecule has 0 saturated carbocycles. The van der Waals surface area contributed by atoms with E-state index < -0.39 is 5.60 Å². The first kappa shape index (κ1) is 12.8. The fourth-order valence-electron chi connectivity index (χ4n) is 2.33. The van der Waals surface area contributed by atoms with Gasteiger partial charge in [0.25, 0.3) is 0 Å². The normalized spacial score (nSPS) is 29.0. The summed E-state index contributed by atoms with van der Waals surface area (Å²) < 4.78 is 5.42. The molecule has 0 aromatic heterocycles. The van der Waals surface area contributed by atoms with Gasteiger partial charge in [0.15, 0.2) is 0 Å². The van der Waals surface area contributed by atoms with Gasteiger partial charge in [-0.2, -0.15) is 11.8 Å². The first-order valence-electron chi connectivity index (χ1n) is 6.24. The summed E-state index contributed by atoms with van der Waals surface area (Å²) in [5, 5.41) is 11.0. The molecule has 1 aromatic rings. The minimum Gasteiger partial charge on any atom is -0.494 e. The number of aliphatic hydroxyl groups is 1. The predicted octanol–water partition coefficient (Wildman–Crippen LogP) is 3.19. The summed E-state index contributed by atoms with van der Waals surface area (Å²) in [4.78, 5) is 0. The van der Waals surface area contributed by atoms with E-state index in [-0.39, 0.29) is 5.25 Å². The Labute approximate surface area is 107 Å². The van der Waals surface area contributed by atoms with Crippen LogP contribution in [0.15, 0.2) is 24.3 Å². The zero-order chi connectivity index (χ0) is 12.3. The zero-order valence-electron chi connectivity index (χ0n) is 10.5. The quantitative estimate of drug-likeness (QED) is 0.896. The molecule has 3 heteroatoms. The van der Waals surface area contributed by atoms with Crippen molar-refractivity contribution in [2.75, 3.05) is 12.4 Å². The predicted molar refractivity (Wildman–Crippen MR) is 72.7 cm³/mol. The van der Waals surface area contributed by atoms with Crippen LogP contribution in [-0.2, 0) is 5.60 Å². The van der Waals surface area contributed by atoms with Crippen LogP contribution in [0.1, 0.15) is 32.3 Å². The lowest BCUT2D eigenvalue weighted by atomic mass is 9.86. The van der Waals surface area contributed by atoms with E-state index in [0.29, 0.717) is 6.61 Å². The summed E-state index contributed by atoms with van der Waals surface area (Å²) in [5.74, 6) is 2.02. The van der Waals surface area contributed by atoms with Crippen molar-refractivity contribution in [1.29, 1.82) is 0 Å². The first-order valence-corrected chi connectivity index (χ1v) is 7.29. The fourth-order valence-corrected chi connectivity index (χ4v) is 3.52. The van der Waals surface area contributed by atoms with E-state index >= 15 is 0 Å². The van der Waals surface area contributed by atoms with Gasteiger partial charge in [0.2, 0.25) is 0 Å². The van der Waals surface area contributed by atoms with Crippen LogP contribution in [0.5, 0.6) is 5.75 Å². The highest BCUT2D eigenvalue weighted by Gasteiger charge is 2.38. The summed E-state index contributed by atoms with van der Waals surface area (Å²) in [6, 6.07) is 7.88. The molecule has 1 saturated heterocycles. The van der Waals surface area contributed by atoms with Crippen LogP contribution >= 0.6 is 11.8 Å². The van der Waals surface area contributed by atoms with Gasteiger partial charge in [-0.25, -0.2) is 0 Å². The zero-order valence-corrected chi connectivity index (χ0v) is 11.3. The lowest BCUT2D eigenvalue weighted by Crippen LogP contribution is -2.38. The lowest BCUT2D eigenvalue weighted by molar-refractivity contribution is 0.0254. The van der Waals surface area contributed by atoms with Crippen molar-refractivity contribution in [2.24, 2.45) is 0 Å². The molecule has 2 unspecified atom stereocenters. The molecule has 1 heterocycles. The van der Waals surface area contributed by atoms with Gasteiger partial charge in [0, 0.05) is 5.25 Å². The van der Waals surface area contributed by atoms with Crippen molar-refractivity contribution in [1.82, 2.24) is 0 Å². The molecule has 1 N–H and O–H groups in total. The van der Waals surface area contributed by atoms with E-state index in [4.69, 9.17) is 4.74 Å². The molecule has 2 atom stereocenters. The molecule has 1 fully saturated rings. The van der Waals surface area contributed by atoms with Crippen molar-refractivity contribution in [2.45, 2.75) is 37.5 Å². The Kier molecular flexibility index (Phi) is 4.00. The second-order valence-electron chi connectivity index (χ2n) is 4.50. The smallest absolute Gasteiger partial charge is 0.119 e. The molecule has 0 radical (unpaired) electrons. The van der Waals surface area contributed by atoms with Crippen LogP contribution in [0.3, 0.4) is 0 Å². The number of ether oxygens (including phenoxy) is 1. The molecule has 94 valence electrons. The van der Waals surface area contributed by atoms with Gasteiger partial charge < -0.3 is 9.84 Å². The molecule has 17 heavy (non-hydrogen) atoms. The molecule has 0 amide bonds. The average molecular weight is 252 g/mol. The largest absolute Gasteiger partial charge is 0.494 e. The third kappa shape index (κ3) is 2.61. The van der Waals surface area contributed by atoms with Gasteiger partial charge in [-0.05, 0) is 43.2 Å². The molecule has 0 spiro atoms. The van der Waals surface area contributed by atoms with Crippen LogP contribution in [0.2, 0.25) is 0 Å².